The molecule has 1 aromatic carbocycles. The molecule has 1 aromatic rings. The lowest BCUT2D eigenvalue weighted by Crippen LogP contribution is -2.52. The summed E-state index contributed by atoms with van der Waals surface area (Å²) < 4.78 is 0. The highest BCUT2D eigenvalue weighted by Crippen LogP contribution is 2.12. The second-order valence-corrected chi connectivity index (χ2v) is 4.91. The number of carbonyl (C=O) groups excluding carboxylic acids is 2. The van der Waals surface area contributed by atoms with Crippen LogP contribution in [0.25, 0.3) is 0 Å². The lowest BCUT2D eigenvalue weighted by Gasteiger charge is -2.31. The van der Waals surface area contributed by atoms with Crippen molar-refractivity contribution >= 4 is 11.7 Å². The summed E-state index contributed by atoms with van der Waals surface area (Å²) in [6, 6.07) is 7.48. The summed E-state index contributed by atoms with van der Waals surface area (Å²) in [5.74, 6) is 0.0737. The number of benzene rings is 1. The number of rotatable bonds is 4. The van der Waals surface area contributed by atoms with Gasteiger partial charge in [-0.3, -0.25) is 14.5 Å². The molecule has 1 aliphatic rings. The first-order valence-electron chi connectivity index (χ1n) is 6.75. The maximum Gasteiger partial charge on any atom is 0.234 e. The van der Waals surface area contributed by atoms with Gasteiger partial charge in [-0.15, -0.1) is 0 Å². The molecular weight excluding hydrogens is 240 g/mol. The summed E-state index contributed by atoms with van der Waals surface area (Å²) in [5.41, 5.74) is 1.94. The smallest absolute Gasteiger partial charge is 0.234 e. The fourth-order valence-electron chi connectivity index (χ4n) is 2.30. The highest BCUT2D eigenvalue weighted by Gasteiger charge is 2.26. The number of ketones is 1. The molecular formula is C15H20N2O2. The van der Waals surface area contributed by atoms with Gasteiger partial charge >= 0.3 is 0 Å². The van der Waals surface area contributed by atoms with Gasteiger partial charge in [0.05, 0.1) is 12.6 Å². The third-order valence-electron chi connectivity index (χ3n) is 3.64. The Balaban J connectivity index is 2.07. The average molecular weight is 260 g/mol. The van der Waals surface area contributed by atoms with E-state index in [0.29, 0.717) is 13.1 Å². The van der Waals surface area contributed by atoms with Crippen molar-refractivity contribution in [1.82, 2.24) is 10.2 Å². The summed E-state index contributed by atoms with van der Waals surface area (Å²) in [5, 5.41) is 2.77. The number of aryl methyl sites for hydroxylation is 1. The van der Waals surface area contributed by atoms with Crippen molar-refractivity contribution in [3.05, 3.63) is 35.4 Å². The molecule has 4 nitrogen and oxygen atoms in total. The largest absolute Gasteiger partial charge is 0.354 e. The van der Waals surface area contributed by atoms with Crippen molar-refractivity contribution in [2.75, 3.05) is 19.6 Å². The SMILES string of the molecule is CCc1ccc(C(=O)C(C)N2CCNC(=O)C2)cc1. The molecule has 102 valence electrons. The molecule has 0 aromatic heterocycles. The summed E-state index contributed by atoms with van der Waals surface area (Å²) in [6.07, 6.45) is 0.969. The molecule has 1 amide bonds. The van der Waals surface area contributed by atoms with E-state index in [1.807, 2.05) is 36.1 Å². The van der Waals surface area contributed by atoms with Crippen molar-refractivity contribution in [3.63, 3.8) is 0 Å². The zero-order chi connectivity index (χ0) is 13.8. The second kappa shape index (κ2) is 5.97. The molecule has 1 fully saturated rings. The van der Waals surface area contributed by atoms with Crippen LogP contribution in [0.3, 0.4) is 0 Å². The second-order valence-electron chi connectivity index (χ2n) is 4.91. The summed E-state index contributed by atoms with van der Waals surface area (Å²) in [4.78, 5) is 25.7. The first-order valence-corrected chi connectivity index (χ1v) is 6.75. The van der Waals surface area contributed by atoms with E-state index < -0.39 is 0 Å². The highest BCUT2D eigenvalue weighted by molar-refractivity contribution is 6.00. The quantitative estimate of drug-likeness (QED) is 0.829. The number of hydrogen-bond acceptors (Lipinski definition) is 3. The van der Waals surface area contributed by atoms with Gasteiger partial charge in [-0.2, -0.15) is 0 Å². The number of piperazine rings is 1. The predicted molar refractivity (Wildman–Crippen MR) is 74.2 cm³/mol. The Bertz CT molecular complexity index is 468. The number of nitrogens with one attached hydrogen (secondary N) is 1. The van der Waals surface area contributed by atoms with Crippen molar-refractivity contribution in [1.29, 1.82) is 0 Å². The minimum Gasteiger partial charge on any atom is -0.354 e. The Hall–Kier alpha value is -1.68. The van der Waals surface area contributed by atoms with E-state index in [1.165, 1.54) is 5.56 Å². The molecule has 0 radical (unpaired) electrons. The van der Waals surface area contributed by atoms with E-state index in [-0.39, 0.29) is 17.7 Å². The number of amides is 1. The standard InChI is InChI=1S/C15H20N2O2/c1-3-12-4-6-13(7-5-12)15(19)11(2)17-9-8-16-14(18)10-17/h4-7,11H,3,8-10H2,1-2H3,(H,16,18). The van der Waals surface area contributed by atoms with Crippen LogP contribution in [0.15, 0.2) is 24.3 Å². The van der Waals surface area contributed by atoms with Gasteiger partial charge < -0.3 is 5.32 Å². The van der Waals surface area contributed by atoms with Gasteiger partial charge in [-0.1, -0.05) is 31.2 Å². The molecule has 0 bridgehead atoms. The predicted octanol–water partition coefficient (Wildman–Crippen LogP) is 1.25. The molecule has 1 N–H and O–H groups in total. The molecule has 1 saturated heterocycles. The van der Waals surface area contributed by atoms with Crippen LogP contribution in [0, 0.1) is 0 Å². The zero-order valence-corrected chi connectivity index (χ0v) is 11.5. The summed E-state index contributed by atoms with van der Waals surface area (Å²) in [6.45, 7) is 5.61. The minimum atomic E-state index is -0.251. The minimum absolute atomic E-state index is 0.00719. The highest BCUT2D eigenvalue weighted by atomic mass is 16.2. The Morgan fingerprint density at radius 2 is 2.05 bits per heavy atom. The average Bonchev–Trinajstić information content (AvgIpc) is 2.46. The molecule has 4 heteroatoms. The fraction of sp³-hybridized carbons (Fsp3) is 0.467. The van der Waals surface area contributed by atoms with Crippen molar-refractivity contribution in [2.45, 2.75) is 26.3 Å². The van der Waals surface area contributed by atoms with E-state index >= 15 is 0 Å². The number of nitrogens with zero attached hydrogens (tertiary/aromatic N) is 1. The maximum absolute atomic E-state index is 12.4. The van der Waals surface area contributed by atoms with Crippen LogP contribution >= 0.6 is 0 Å². The number of hydrogen-bond donors (Lipinski definition) is 1. The maximum atomic E-state index is 12.4. The molecule has 0 saturated carbocycles. The van der Waals surface area contributed by atoms with Gasteiger partial charge in [-0.05, 0) is 18.9 Å². The van der Waals surface area contributed by atoms with E-state index in [1.54, 1.807) is 0 Å². The van der Waals surface area contributed by atoms with Gasteiger partial charge in [0.2, 0.25) is 5.91 Å². The third kappa shape index (κ3) is 3.20. The van der Waals surface area contributed by atoms with E-state index in [0.717, 1.165) is 18.5 Å². The van der Waals surface area contributed by atoms with Crippen LogP contribution in [0.4, 0.5) is 0 Å². The molecule has 1 unspecified atom stereocenters. The molecule has 1 atom stereocenters. The third-order valence-corrected chi connectivity index (χ3v) is 3.64. The lowest BCUT2D eigenvalue weighted by atomic mass is 10.0. The zero-order valence-electron chi connectivity index (χ0n) is 11.5. The Kier molecular flexibility index (Phi) is 4.32. The number of carbonyl (C=O) groups is 2. The monoisotopic (exact) mass is 260 g/mol. The van der Waals surface area contributed by atoms with E-state index in [9.17, 15) is 9.59 Å². The number of Topliss-reactive ketones (excluding diaryl/α,β-unsaturated/α-hetero) is 1. The van der Waals surface area contributed by atoms with Crippen molar-refractivity contribution < 1.29 is 9.59 Å². The summed E-state index contributed by atoms with van der Waals surface area (Å²) >= 11 is 0. The van der Waals surface area contributed by atoms with Crippen LogP contribution < -0.4 is 5.32 Å². The van der Waals surface area contributed by atoms with Crippen LogP contribution in [0.2, 0.25) is 0 Å². The van der Waals surface area contributed by atoms with Gasteiger partial charge in [-0.25, -0.2) is 0 Å². The van der Waals surface area contributed by atoms with Gasteiger partial charge in [0.25, 0.3) is 0 Å². The topological polar surface area (TPSA) is 49.4 Å². The normalized spacial score (nSPS) is 17.9. The van der Waals surface area contributed by atoms with E-state index in [4.69, 9.17) is 0 Å². The van der Waals surface area contributed by atoms with Crippen molar-refractivity contribution in [2.24, 2.45) is 0 Å². The Labute approximate surface area is 113 Å². The van der Waals surface area contributed by atoms with Crippen LogP contribution in [-0.4, -0.2) is 42.3 Å². The van der Waals surface area contributed by atoms with Gasteiger partial charge in [0.15, 0.2) is 5.78 Å². The Morgan fingerprint density at radius 3 is 2.63 bits per heavy atom. The first kappa shape index (κ1) is 13.7. The molecule has 1 aliphatic heterocycles. The molecule has 2 rings (SSSR count). The summed E-state index contributed by atoms with van der Waals surface area (Å²) in [7, 11) is 0. The van der Waals surface area contributed by atoms with Gasteiger partial charge in [0.1, 0.15) is 0 Å². The lowest BCUT2D eigenvalue weighted by molar-refractivity contribution is -0.124. The molecule has 0 spiro atoms. The Morgan fingerprint density at radius 1 is 1.37 bits per heavy atom. The van der Waals surface area contributed by atoms with E-state index in [2.05, 4.69) is 12.2 Å². The van der Waals surface area contributed by atoms with Crippen molar-refractivity contribution in [3.8, 4) is 0 Å². The van der Waals surface area contributed by atoms with Gasteiger partial charge in [0, 0.05) is 18.7 Å². The van der Waals surface area contributed by atoms with Crippen LogP contribution in [0.1, 0.15) is 29.8 Å². The first-order chi connectivity index (χ1) is 9.11. The van der Waals surface area contributed by atoms with Crippen LogP contribution in [0.5, 0.6) is 0 Å². The molecule has 19 heavy (non-hydrogen) atoms. The molecule has 0 aliphatic carbocycles. The fourth-order valence-corrected chi connectivity index (χ4v) is 2.30. The molecule has 1 heterocycles. The van der Waals surface area contributed by atoms with Crippen LogP contribution in [-0.2, 0) is 11.2 Å².